The average Bonchev–Trinajstić information content (AvgIpc) is 2.22. The molecule has 0 fully saturated rings. The number of hydrogen-bond donors (Lipinski definition) is 2. The molecule has 0 aliphatic carbocycles. The number of carbonyl (C=O) groups is 2. The van der Waals surface area contributed by atoms with Gasteiger partial charge in [0.15, 0.2) is 5.66 Å². The molecule has 1 atom stereocenters. The number of ether oxygens (including phenoxy) is 2. The quantitative estimate of drug-likeness (QED) is 0.578. The second-order valence-corrected chi connectivity index (χ2v) is 5.19. The minimum atomic E-state index is -1.53. The van der Waals surface area contributed by atoms with Crippen LogP contribution in [-0.4, -0.2) is 30.4 Å². The second kappa shape index (κ2) is 6.58. The maximum atomic E-state index is 11.6. The number of carbonyl (C=O) groups excluding carboxylic acids is 2. The van der Waals surface area contributed by atoms with Gasteiger partial charge >= 0.3 is 12.1 Å². The van der Waals surface area contributed by atoms with Crippen LogP contribution in [0.15, 0.2) is 0 Å². The Morgan fingerprint density at radius 2 is 1.83 bits per heavy atom. The maximum absolute atomic E-state index is 11.6. The molecule has 0 radical (unpaired) electrons. The molecule has 0 aliphatic rings. The summed E-state index contributed by atoms with van der Waals surface area (Å²) < 4.78 is 9.68. The van der Waals surface area contributed by atoms with Crippen LogP contribution in [0.4, 0.5) is 4.79 Å². The van der Waals surface area contributed by atoms with Gasteiger partial charge in [0.1, 0.15) is 5.60 Å². The highest BCUT2D eigenvalue weighted by molar-refractivity contribution is 5.85. The molecule has 0 bridgehead atoms. The zero-order valence-electron chi connectivity index (χ0n) is 11.8. The first-order valence-electron chi connectivity index (χ1n) is 6.03. The van der Waals surface area contributed by atoms with E-state index in [1.807, 2.05) is 6.92 Å². The van der Waals surface area contributed by atoms with Gasteiger partial charge in [0.05, 0.1) is 7.11 Å². The lowest BCUT2D eigenvalue weighted by Crippen LogP contribution is -2.62. The molecular weight excluding hydrogens is 236 g/mol. The van der Waals surface area contributed by atoms with Crippen molar-refractivity contribution in [2.45, 2.75) is 58.2 Å². The van der Waals surface area contributed by atoms with Crippen molar-refractivity contribution in [3.05, 3.63) is 0 Å². The Morgan fingerprint density at radius 3 is 2.22 bits per heavy atom. The largest absolute Gasteiger partial charge is 0.466 e. The first-order valence-corrected chi connectivity index (χ1v) is 6.03. The van der Waals surface area contributed by atoms with Gasteiger partial charge in [-0.3, -0.25) is 11.1 Å². The van der Waals surface area contributed by atoms with E-state index in [0.717, 1.165) is 6.42 Å². The molecule has 106 valence electrons. The lowest BCUT2D eigenvalue weighted by Gasteiger charge is -2.29. The van der Waals surface area contributed by atoms with E-state index < -0.39 is 23.3 Å². The highest BCUT2D eigenvalue weighted by atomic mass is 16.6. The van der Waals surface area contributed by atoms with Crippen LogP contribution in [0, 0.1) is 0 Å². The van der Waals surface area contributed by atoms with E-state index in [4.69, 9.17) is 10.5 Å². The van der Waals surface area contributed by atoms with Crippen molar-refractivity contribution >= 4 is 12.1 Å². The van der Waals surface area contributed by atoms with E-state index in [9.17, 15) is 9.59 Å². The van der Waals surface area contributed by atoms with E-state index in [-0.39, 0.29) is 0 Å². The third kappa shape index (κ3) is 5.86. The Labute approximate surface area is 108 Å². The van der Waals surface area contributed by atoms with Crippen molar-refractivity contribution in [3.8, 4) is 0 Å². The van der Waals surface area contributed by atoms with Crippen LogP contribution in [0.2, 0.25) is 0 Å². The fourth-order valence-electron chi connectivity index (χ4n) is 1.34. The Kier molecular flexibility index (Phi) is 6.11. The van der Waals surface area contributed by atoms with Crippen molar-refractivity contribution < 1.29 is 19.1 Å². The van der Waals surface area contributed by atoms with Gasteiger partial charge in [-0.15, -0.1) is 0 Å². The molecule has 3 N–H and O–H groups in total. The molecule has 0 aromatic heterocycles. The fourth-order valence-corrected chi connectivity index (χ4v) is 1.34. The van der Waals surface area contributed by atoms with Crippen molar-refractivity contribution in [3.63, 3.8) is 0 Å². The van der Waals surface area contributed by atoms with Gasteiger partial charge in [0.2, 0.25) is 0 Å². The van der Waals surface area contributed by atoms with Crippen molar-refractivity contribution in [1.29, 1.82) is 0 Å². The van der Waals surface area contributed by atoms with Crippen molar-refractivity contribution in [1.82, 2.24) is 5.32 Å². The monoisotopic (exact) mass is 260 g/mol. The molecule has 0 aliphatic heterocycles. The van der Waals surface area contributed by atoms with Gasteiger partial charge in [0.25, 0.3) is 0 Å². The lowest BCUT2D eigenvalue weighted by molar-refractivity contribution is -0.148. The molecular formula is C12H24N2O4. The zero-order chi connectivity index (χ0) is 14.4. The summed E-state index contributed by atoms with van der Waals surface area (Å²) in [6, 6.07) is 0. The third-order valence-corrected chi connectivity index (χ3v) is 2.20. The maximum Gasteiger partial charge on any atom is 0.409 e. The number of methoxy groups -OCH3 is 1. The summed E-state index contributed by atoms with van der Waals surface area (Å²) in [5.74, 6) is -0.679. The lowest BCUT2D eigenvalue weighted by atomic mass is 10.0. The van der Waals surface area contributed by atoms with Crippen LogP contribution in [0.25, 0.3) is 0 Å². The zero-order valence-corrected chi connectivity index (χ0v) is 11.8. The SMILES string of the molecule is CCCC[C@](N)(NC(=O)OC(C)(C)C)C(=O)OC. The molecule has 6 nitrogen and oxygen atoms in total. The summed E-state index contributed by atoms with van der Waals surface area (Å²) in [5, 5.41) is 2.38. The van der Waals surface area contributed by atoms with Crippen molar-refractivity contribution in [2.75, 3.05) is 7.11 Å². The molecule has 0 rings (SSSR count). The number of nitrogens with two attached hydrogens (primary N) is 1. The molecule has 0 aromatic rings. The summed E-state index contributed by atoms with van der Waals surface area (Å²) in [6.07, 6.45) is 1.12. The predicted octanol–water partition coefficient (Wildman–Crippen LogP) is 1.53. The van der Waals surface area contributed by atoms with Crippen LogP contribution in [0.5, 0.6) is 0 Å². The second-order valence-electron chi connectivity index (χ2n) is 5.19. The number of alkyl carbamates (subject to hydrolysis) is 1. The third-order valence-electron chi connectivity index (χ3n) is 2.20. The number of unbranched alkanes of at least 4 members (excludes halogenated alkanes) is 1. The topological polar surface area (TPSA) is 90.6 Å². The molecule has 0 heterocycles. The number of rotatable bonds is 5. The standard InChI is InChI=1S/C12H24N2O4/c1-6-7-8-12(13,9(15)17-5)14-10(16)18-11(2,3)4/h6-8,13H2,1-5H3,(H,14,16)/t12-/m0/s1. The molecule has 0 saturated heterocycles. The first-order chi connectivity index (χ1) is 8.14. The summed E-state index contributed by atoms with van der Waals surface area (Å²) in [5.41, 5.74) is 3.69. The minimum absolute atomic E-state index is 0.301. The van der Waals surface area contributed by atoms with Crippen LogP contribution < -0.4 is 11.1 Å². The molecule has 0 spiro atoms. The van der Waals surface area contributed by atoms with E-state index in [1.54, 1.807) is 20.8 Å². The number of hydrogen-bond acceptors (Lipinski definition) is 5. The highest BCUT2D eigenvalue weighted by Crippen LogP contribution is 2.13. The minimum Gasteiger partial charge on any atom is -0.466 e. The summed E-state index contributed by atoms with van der Waals surface area (Å²) in [7, 11) is 1.23. The Morgan fingerprint density at radius 1 is 1.28 bits per heavy atom. The smallest absolute Gasteiger partial charge is 0.409 e. The Bertz CT molecular complexity index is 299. The summed E-state index contributed by atoms with van der Waals surface area (Å²) in [4.78, 5) is 23.3. The van der Waals surface area contributed by atoms with Gasteiger partial charge in [0, 0.05) is 0 Å². The average molecular weight is 260 g/mol. The van der Waals surface area contributed by atoms with E-state index in [1.165, 1.54) is 7.11 Å². The van der Waals surface area contributed by atoms with Gasteiger partial charge in [-0.1, -0.05) is 13.3 Å². The van der Waals surface area contributed by atoms with Gasteiger partial charge in [-0.2, -0.15) is 0 Å². The highest BCUT2D eigenvalue weighted by Gasteiger charge is 2.37. The molecule has 0 saturated carbocycles. The Hall–Kier alpha value is -1.30. The van der Waals surface area contributed by atoms with Crippen LogP contribution >= 0.6 is 0 Å². The molecule has 0 aromatic carbocycles. The summed E-state index contributed by atoms with van der Waals surface area (Å²) >= 11 is 0. The van der Waals surface area contributed by atoms with Gasteiger partial charge < -0.3 is 9.47 Å². The molecule has 6 heteroatoms. The van der Waals surface area contributed by atoms with Crippen LogP contribution in [0.1, 0.15) is 47.0 Å². The predicted molar refractivity (Wildman–Crippen MR) is 67.8 cm³/mol. The summed E-state index contributed by atoms with van der Waals surface area (Å²) in [6.45, 7) is 7.16. The Balaban J connectivity index is 4.69. The molecule has 0 unspecified atom stereocenters. The molecule has 18 heavy (non-hydrogen) atoms. The normalized spacial score (nSPS) is 14.6. The van der Waals surface area contributed by atoms with Crippen LogP contribution in [0.3, 0.4) is 0 Å². The van der Waals surface area contributed by atoms with E-state index in [2.05, 4.69) is 10.1 Å². The molecule has 1 amide bonds. The number of nitrogens with one attached hydrogen (secondary N) is 1. The fraction of sp³-hybridized carbons (Fsp3) is 0.833. The van der Waals surface area contributed by atoms with E-state index in [0.29, 0.717) is 12.8 Å². The van der Waals surface area contributed by atoms with Gasteiger partial charge in [-0.25, -0.2) is 9.59 Å². The number of esters is 1. The van der Waals surface area contributed by atoms with Gasteiger partial charge in [-0.05, 0) is 33.6 Å². The van der Waals surface area contributed by atoms with Crippen molar-refractivity contribution in [2.24, 2.45) is 5.73 Å². The van der Waals surface area contributed by atoms with E-state index >= 15 is 0 Å². The first kappa shape index (κ1) is 16.7. The number of amides is 1. The van der Waals surface area contributed by atoms with Crippen LogP contribution in [-0.2, 0) is 14.3 Å².